The highest BCUT2D eigenvalue weighted by Gasteiger charge is 2.29. The van der Waals surface area contributed by atoms with Crippen molar-refractivity contribution in [2.45, 2.75) is 31.6 Å². The molecular weight excluding hydrogens is 426 g/mol. The largest absolute Gasteiger partial charge is 0.352 e. The van der Waals surface area contributed by atoms with Crippen LogP contribution in [0.1, 0.15) is 34.3 Å². The van der Waals surface area contributed by atoms with Crippen molar-refractivity contribution in [2.75, 3.05) is 24.4 Å². The summed E-state index contributed by atoms with van der Waals surface area (Å²) in [5.74, 6) is -0.574. The number of piperidine rings is 1. The summed E-state index contributed by atoms with van der Waals surface area (Å²) in [6, 6.07) is 11.6. The molecule has 32 heavy (non-hydrogen) atoms. The van der Waals surface area contributed by atoms with Crippen LogP contribution in [-0.2, 0) is 14.8 Å². The number of carbonyl (C=O) groups is 2. The summed E-state index contributed by atoms with van der Waals surface area (Å²) >= 11 is 0. The monoisotopic (exact) mass is 455 g/mol. The van der Waals surface area contributed by atoms with Gasteiger partial charge in [-0.25, -0.2) is 8.42 Å². The van der Waals surface area contributed by atoms with E-state index in [4.69, 9.17) is 0 Å². The van der Waals surface area contributed by atoms with E-state index in [9.17, 15) is 18.0 Å². The Balaban J connectivity index is 1.74. The summed E-state index contributed by atoms with van der Waals surface area (Å²) in [5.41, 5.74) is 2.32. The number of nitrogens with zero attached hydrogens (tertiary/aromatic N) is 1. The second-order valence-corrected chi connectivity index (χ2v) is 9.73. The first-order valence-electron chi connectivity index (χ1n) is 10.6. The average Bonchev–Trinajstić information content (AvgIpc) is 2.76. The van der Waals surface area contributed by atoms with Gasteiger partial charge in [0.15, 0.2) is 0 Å². The SMILES string of the molecule is C=CCNC(=O)[C@@H]1CCCN(C(=O)c2cccc(NS(=O)(=O)c3ccc(C)cc3C)c2)C1. The second-order valence-electron chi connectivity index (χ2n) is 8.08. The Labute approximate surface area is 189 Å². The fourth-order valence-corrected chi connectivity index (χ4v) is 5.18. The number of benzene rings is 2. The van der Waals surface area contributed by atoms with Crippen LogP contribution in [0.2, 0.25) is 0 Å². The second kappa shape index (κ2) is 9.99. The van der Waals surface area contributed by atoms with E-state index >= 15 is 0 Å². The molecular formula is C24H29N3O4S. The van der Waals surface area contributed by atoms with Gasteiger partial charge >= 0.3 is 0 Å². The molecule has 3 rings (SSSR count). The molecule has 0 aromatic heterocycles. The maximum atomic E-state index is 13.1. The van der Waals surface area contributed by atoms with E-state index in [1.165, 1.54) is 6.07 Å². The van der Waals surface area contributed by atoms with E-state index in [2.05, 4.69) is 16.6 Å². The summed E-state index contributed by atoms with van der Waals surface area (Å²) in [4.78, 5) is 27.2. The maximum absolute atomic E-state index is 13.1. The third-order valence-corrected chi connectivity index (χ3v) is 7.02. The molecule has 0 spiro atoms. The Morgan fingerprint density at radius 2 is 1.97 bits per heavy atom. The van der Waals surface area contributed by atoms with Crippen molar-refractivity contribution < 1.29 is 18.0 Å². The van der Waals surface area contributed by atoms with Crippen molar-refractivity contribution >= 4 is 27.5 Å². The van der Waals surface area contributed by atoms with E-state index in [0.29, 0.717) is 36.4 Å². The molecule has 170 valence electrons. The minimum Gasteiger partial charge on any atom is -0.352 e. The van der Waals surface area contributed by atoms with Crippen molar-refractivity contribution in [3.05, 3.63) is 71.8 Å². The number of hydrogen-bond donors (Lipinski definition) is 2. The first-order chi connectivity index (χ1) is 15.2. The Hall–Kier alpha value is -3.13. The highest BCUT2D eigenvalue weighted by atomic mass is 32.2. The smallest absolute Gasteiger partial charge is 0.262 e. The molecule has 1 aliphatic heterocycles. The number of sulfonamides is 1. The van der Waals surface area contributed by atoms with Gasteiger partial charge in [-0.3, -0.25) is 14.3 Å². The molecule has 0 bridgehead atoms. The molecule has 1 heterocycles. The van der Waals surface area contributed by atoms with Gasteiger partial charge in [0, 0.05) is 30.9 Å². The van der Waals surface area contributed by atoms with E-state index in [-0.39, 0.29) is 22.6 Å². The number of hydrogen-bond acceptors (Lipinski definition) is 4. The predicted octanol–water partition coefficient (Wildman–Crippen LogP) is 3.26. The number of aryl methyl sites for hydroxylation is 2. The van der Waals surface area contributed by atoms with Crippen molar-refractivity contribution in [2.24, 2.45) is 5.92 Å². The predicted molar refractivity (Wildman–Crippen MR) is 125 cm³/mol. The first kappa shape index (κ1) is 23.5. The lowest BCUT2D eigenvalue weighted by Crippen LogP contribution is -2.45. The standard InChI is InChI=1S/C24H29N3O4S/c1-4-12-25-23(28)20-8-6-13-27(16-20)24(29)19-7-5-9-21(15-19)26-32(30,31)22-11-10-17(2)14-18(22)3/h4-5,7,9-11,14-15,20,26H,1,6,8,12-13,16H2,2-3H3,(H,25,28)/t20-/m1/s1. The van der Waals surface area contributed by atoms with Crippen LogP contribution in [-0.4, -0.2) is 44.8 Å². The third kappa shape index (κ3) is 5.56. The lowest BCUT2D eigenvalue weighted by Gasteiger charge is -2.32. The number of rotatable bonds is 7. The van der Waals surface area contributed by atoms with Gasteiger partial charge in [0.25, 0.3) is 15.9 Å². The number of likely N-dealkylation sites (tertiary alicyclic amines) is 1. The van der Waals surface area contributed by atoms with Crippen molar-refractivity contribution in [3.63, 3.8) is 0 Å². The van der Waals surface area contributed by atoms with Gasteiger partial charge in [0.2, 0.25) is 5.91 Å². The topological polar surface area (TPSA) is 95.6 Å². The molecule has 1 fully saturated rings. The summed E-state index contributed by atoms with van der Waals surface area (Å²) in [7, 11) is -3.79. The molecule has 7 nitrogen and oxygen atoms in total. The van der Waals surface area contributed by atoms with Crippen molar-refractivity contribution in [3.8, 4) is 0 Å². The normalized spacial score (nSPS) is 16.3. The molecule has 1 atom stereocenters. The molecule has 2 aromatic rings. The van der Waals surface area contributed by atoms with Gasteiger partial charge in [0.05, 0.1) is 10.8 Å². The van der Waals surface area contributed by atoms with E-state index < -0.39 is 10.0 Å². The van der Waals surface area contributed by atoms with Gasteiger partial charge in [-0.05, 0) is 56.5 Å². The van der Waals surface area contributed by atoms with Crippen LogP contribution in [0.4, 0.5) is 5.69 Å². The van der Waals surface area contributed by atoms with E-state index in [0.717, 1.165) is 18.4 Å². The highest BCUT2D eigenvalue weighted by Crippen LogP contribution is 2.23. The molecule has 2 amide bonds. The van der Waals surface area contributed by atoms with Crippen LogP contribution in [0.3, 0.4) is 0 Å². The van der Waals surface area contributed by atoms with Crippen molar-refractivity contribution in [1.82, 2.24) is 10.2 Å². The zero-order valence-electron chi connectivity index (χ0n) is 18.4. The van der Waals surface area contributed by atoms with Gasteiger partial charge < -0.3 is 10.2 Å². The average molecular weight is 456 g/mol. The number of anilines is 1. The van der Waals surface area contributed by atoms with Gasteiger partial charge in [-0.15, -0.1) is 6.58 Å². The quantitative estimate of drug-likeness (QED) is 0.627. The van der Waals surface area contributed by atoms with Crippen LogP contribution in [0.5, 0.6) is 0 Å². The van der Waals surface area contributed by atoms with E-state index in [1.54, 1.807) is 48.2 Å². The Morgan fingerprint density at radius 3 is 2.69 bits per heavy atom. The molecule has 2 aromatic carbocycles. The molecule has 0 aliphatic carbocycles. The first-order valence-corrected chi connectivity index (χ1v) is 12.1. The fourth-order valence-electron chi connectivity index (χ4n) is 3.90. The number of amides is 2. The van der Waals surface area contributed by atoms with Gasteiger partial charge in [0.1, 0.15) is 0 Å². The van der Waals surface area contributed by atoms with Crippen LogP contribution in [0.25, 0.3) is 0 Å². The Kier molecular flexibility index (Phi) is 7.35. The minimum atomic E-state index is -3.79. The van der Waals surface area contributed by atoms with Crippen LogP contribution in [0, 0.1) is 19.8 Å². The lowest BCUT2D eigenvalue weighted by atomic mass is 9.96. The molecule has 1 aliphatic rings. The Bertz CT molecular complexity index is 1130. The molecule has 0 radical (unpaired) electrons. The minimum absolute atomic E-state index is 0.0858. The lowest BCUT2D eigenvalue weighted by molar-refractivity contribution is -0.126. The fraction of sp³-hybridized carbons (Fsp3) is 0.333. The van der Waals surface area contributed by atoms with Crippen LogP contribution >= 0.6 is 0 Å². The molecule has 0 saturated carbocycles. The van der Waals surface area contributed by atoms with Crippen molar-refractivity contribution in [1.29, 1.82) is 0 Å². The summed E-state index contributed by atoms with van der Waals surface area (Å²) < 4.78 is 28.3. The highest BCUT2D eigenvalue weighted by molar-refractivity contribution is 7.92. The number of nitrogens with one attached hydrogen (secondary N) is 2. The summed E-state index contributed by atoms with van der Waals surface area (Å²) in [6.45, 7) is 8.53. The molecule has 0 unspecified atom stereocenters. The number of carbonyl (C=O) groups excluding carboxylic acids is 2. The van der Waals surface area contributed by atoms with Crippen LogP contribution in [0.15, 0.2) is 60.0 Å². The van der Waals surface area contributed by atoms with Crippen LogP contribution < -0.4 is 10.0 Å². The summed E-state index contributed by atoms with van der Waals surface area (Å²) in [5, 5.41) is 2.79. The summed E-state index contributed by atoms with van der Waals surface area (Å²) in [6.07, 6.45) is 3.08. The molecule has 8 heteroatoms. The van der Waals surface area contributed by atoms with E-state index in [1.807, 2.05) is 13.0 Å². The zero-order valence-corrected chi connectivity index (χ0v) is 19.2. The zero-order chi connectivity index (χ0) is 23.3. The molecule has 2 N–H and O–H groups in total. The van der Waals surface area contributed by atoms with Gasteiger partial charge in [-0.2, -0.15) is 0 Å². The van der Waals surface area contributed by atoms with Gasteiger partial charge in [-0.1, -0.05) is 29.8 Å². The third-order valence-electron chi connectivity index (χ3n) is 5.48. The molecule has 1 saturated heterocycles. The Morgan fingerprint density at radius 1 is 1.19 bits per heavy atom. The maximum Gasteiger partial charge on any atom is 0.262 e.